The molecule has 0 saturated heterocycles. The van der Waals surface area contributed by atoms with Crippen molar-refractivity contribution < 1.29 is 19.4 Å². The highest BCUT2D eigenvalue weighted by molar-refractivity contribution is 5.77. The second-order valence-electron chi connectivity index (χ2n) is 3.90. The third kappa shape index (κ3) is 3.37. The van der Waals surface area contributed by atoms with Gasteiger partial charge in [0, 0.05) is 0 Å². The number of carbonyl (C=O) groups is 1. The van der Waals surface area contributed by atoms with Gasteiger partial charge in [-0.2, -0.15) is 0 Å². The Hall–Kier alpha value is -1.71. The summed E-state index contributed by atoms with van der Waals surface area (Å²) < 4.78 is 10.8. The summed E-state index contributed by atoms with van der Waals surface area (Å²) in [5.41, 5.74) is -1.19. The van der Waals surface area contributed by atoms with E-state index in [0.29, 0.717) is 18.8 Å². The molecule has 0 heterocycles. The van der Waals surface area contributed by atoms with Gasteiger partial charge in [0.2, 0.25) is 5.60 Å². The lowest BCUT2D eigenvalue weighted by molar-refractivity contribution is -0.154. The van der Waals surface area contributed by atoms with E-state index in [1.165, 1.54) is 0 Å². The standard InChI is InChI=1S/C13H18O4/c1-4-13(3,12(14)15)17-11-8-6-10(7-9-11)16-5-2/h6-9H,4-5H2,1-3H3,(H,14,15). The summed E-state index contributed by atoms with van der Waals surface area (Å²) in [4.78, 5) is 11.1. The van der Waals surface area contributed by atoms with Crippen LogP contribution in [0.15, 0.2) is 24.3 Å². The maximum absolute atomic E-state index is 11.1. The van der Waals surface area contributed by atoms with Crippen molar-refractivity contribution in [3.63, 3.8) is 0 Å². The summed E-state index contributed by atoms with van der Waals surface area (Å²) in [5, 5.41) is 9.08. The molecule has 0 aliphatic carbocycles. The predicted molar refractivity (Wildman–Crippen MR) is 64.6 cm³/mol. The van der Waals surface area contributed by atoms with E-state index < -0.39 is 11.6 Å². The van der Waals surface area contributed by atoms with E-state index in [1.807, 2.05) is 6.92 Å². The molecule has 17 heavy (non-hydrogen) atoms. The molecule has 1 aromatic carbocycles. The molecule has 0 aromatic heterocycles. The molecule has 4 heteroatoms. The minimum absolute atomic E-state index is 0.398. The first-order valence-electron chi connectivity index (χ1n) is 5.67. The van der Waals surface area contributed by atoms with Crippen LogP contribution in [0.1, 0.15) is 27.2 Å². The molecule has 1 unspecified atom stereocenters. The Balaban J connectivity index is 2.77. The number of ether oxygens (including phenoxy) is 2. The van der Waals surface area contributed by atoms with Crippen molar-refractivity contribution in [1.82, 2.24) is 0 Å². The lowest BCUT2D eigenvalue weighted by Gasteiger charge is -2.24. The van der Waals surface area contributed by atoms with Crippen LogP contribution in [0.4, 0.5) is 0 Å². The zero-order valence-corrected chi connectivity index (χ0v) is 10.4. The van der Waals surface area contributed by atoms with Crippen molar-refractivity contribution >= 4 is 5.97 Å². The van der Waals surface area contributed by atoms with Gasteiger partial charge in [-0.1, -0.05) is 6.92 Å². The van der Waals surface area contributed by atoms with Crippen molar-refractivity contribution in [1.29, 1.82) is 0 Å². The van der Waals surface area contributed by atoms with Gasteiger partial charge in [-0.25, -0.2) is 4.79 Å². The Kier molecular flexibility index (Phi) is 4.37. The molecule has 0 saturated carbocycles. The summed E-state index contributed by atoms with van der Waals surface area (Å²) in [6, 6.07) is 6.94. The molecule has 0 fully saturated rings. The minimum atomic E-state index is -1.19. The van der Waals surface area contributed by atoms with Gasteiger partial charge < -0.3 is 14.6 Å². The van der Waals surface area contributed by atoms with Gasteiger partial charge in [0.1, 0.15) is 11.5 Å². The fourth-order valence-corrected chi connectivity index (χ4v) is 1.30. The van der Waals surface area contributed by atoms with Gasteiger partial charge in [-0.3, -0.25) is 0 Å². The molecule has 0 amide bonds. The van der Waals surface area contributed by atoms with Gasteiger partial charge in [-0.05, 0) is 44.5 Å². The number of hydrogen-bond acceptors (Lipinski definition) is 3. The first-order valence-corrected chi connectivity index (χ1v) is 5.67. The molecule has 1 rings (SSSR count). The maximum Gasteiger partial charge on any atom is 0.347 e. The van der Waals surface area contributed by atoms with E-state index in [1.54, 1.807) is 38.1 Å². The van der Waals surface area contributed by atoms with Gasteiger partial charge in [0.25, 0.3) is 0 Å². The number of carboxylic acid groups (broad SMARTS) is 1. The van der Waals surface area contributed by atoms with Gasteiger partial charge in [0.15, 0.2) is 0 Å². The third-order valence-electron chi connectivity index (χ3n) is 2.60. The van der Waals surface area contributed by atoms with Crippen molar-refractivity contribution in [2.24, 2.45) is 0 Å². The van der Waals surface area contributed by atoms with Crippen LogP contribution in [0.25, 0.3) is 0 Å². The van der Waals surface area contributed by atoms with Crippen LogP contribution in [0.5, 0.6) is 11.5 Å². The smallest absolute Gasteiger partial charge is 0.347 e. The Labute approximate surface area is 101 Å². The van der Waals surface area contributed by atoms with Crippen LogP contribution in [0.3, 0.4) is 0 Å². The average Bonchev–Trinajstić information content (AvgIpc) is 2.31. The fourth-order valence-electron chi connectivity index (χ4n) is 1.30. The molecule has 0 radical (unpaired) electrons. The molecule has 0 spiro atoms. The predicted octanol–water partition coefficient (Wildman–Crippen LogP) is 2.72. The number of hydrogen-bond donors (Lipinski definition) is 1. The lowest BCUT2D eigenvalue weighted by atomic mass is 10.0. The normalized spacial score (nSPS) is 13.8. The molecule has 1 aromatic rings. The lowest BCUT2D eigenvalue weighted by Crippen LogP contribution is -2.40. The molecule has 0 aliphatic rings. The quantitative estimate of drug-likeness (QED) is 0.827. The van der Waals surface area contributed by atoms with Crippen molar-refractivity contribution in [3.05, 3.63) is 24.3 Å². The number of carboxylic acids is 1. The fraction of sp³-hybridized carbons (Fsp3) is 0.462. The zero-order valence-electron chi connectivity index (χ0n) is 10.4. The molecule has 0 aliphatic heterocycles. The summed E-state index contributed by atoms with van der Waals surface area (Å²) in [5.74, 6) is 0.308. The first kappa shape index (κ1) is 13.4. The molecule has 94 valence electrons. The van der Waals surface area contributed by atoms with Crippen LogP contribution in [0.2, 0.25) is 0 Å². The van der Waals surface area contributed by atoms with E-state index in [0.717, 1.165) is 5.75 Å². The third-order valence-corrected chi connectivity index (χ3v) is 2.60. The highest BCUT2D eigenvalue weighted by atomic mass is 16.5. The van der Waals surface area contributed by atoms with Crippen LogP contribution >= 0.6 is 0 Å². The number of aliphatic carboxylic acids is 1. The summed E-state index contributed by atoms with van der Waals surface area (Å²) in [6.45, 7) is 5.85. The van der Waals surface area contributed by atoms with Crippen LogP contribution in [-0.2, 0) is 4.79 Å². The van der Waals surface area contributed by atoms with E-state index in [-0.39, 0.29) is 0 Å². The topological polar surface area (TPSA) is 55.8 Å². The number of benzene rings is 1. The minimum Gasteiger partial charge on any atom is -0.494 e. The van der Waals surface area contributed by atoms with E-state index in [2.05, 4.69) is 0 Å². The average molecular weight is 238 g/mol. The molecule has 4 nitrogen and oxygen atoms in total. The Morgan fingerprint density at radius 2 is 1.76 bits per heavy atom. The van der Waals surface area contributed by atoms with E-state index in [9.17, 15) is 4.79 Å². The summed E-state index contributed by atoms with van der Waals surface area (Å²) in [6.07, 6.45) is 0.398. The van der Waals surface area contributed by atoms with Crippen molar-refractivity contribution in [2.75, 3.05) is 6.61 Å². The van der Waals surface area contributed by atoms with Crippen LogP contribution in [-0.4, -0.2) is 23.3 Å². The van der Waals surface area contributed by atoms with E-state index in [4.69, 9.17) is 14.6 Å². The Bertz CT molecular complexity index is 372. The van der Waals surface area contributed by atoms with Gasteiger partial charge in [-0.15, -0.1) is 0 Å². The summed E-state index contributed by atoms with van der Waals surface area (Å²) in [7, 11) is 0. The summed E-state index contributed by atoms with van der Waals surface area (Å²) >= 11 is 0. The monoisotopic (exact) mass is 238 g/mol. The highest BCUT2D eigenvalue weighted by Gasteiger charge is 2.33. The second-order valence-corrected chi connectivity index (χ2v) is 3.90. The highest BCUT2D eigenvalue weighted by Crippen LogP contribution is 2.24. The van der Waals surface area contributed by atoms with Gasteiger partial charge in [0.05, 0.1) is 6.61 Å². The Morgan fingerprint density at radius 1 is 1.24 bits per heavy atom. The molecular weight excluding hydrogens is 220 g/mol. The maximum atomic E-state index is 11.1. The number of rotatable bonds is 6. The second kappa shape index (κ2) is 5.57. The molecule has 0 bridgehead atoms. The largest absolute Gasteiger partial charge is 0.494 e. The van der Waals surface area contributed by atoms with Gasteiger partial charge >= 0.3 is 5.97 Å². The SMILES string of the molecule is CCOc1ccc(OC(C)(CC)C(=O)O)cc1. The van der Waals surface area contributed by atoms with Crippen LogP contribution in [0, 0.1) is 0 Å². The molecule has 1 atom stereocenters. The van der Waals surface area contributed by atoms with E-state index >= 15 is 0 Å². The van der Waals surface area contributed by atoms with Crippen molar-refractivity contribution in [2.45, 2.75) is 32.8 Å². The molecule has 1 N–H and O–H groups in total. The molecular formula is C13H18O4. The Morgan fingerprint density at radius 3 is 2.18 bits per heavy atom. The first-order chi connectivity index (χ1) is 8.01. The zero-order chi connectivity index (χ0) is 12.9. The van der Waals surface area contributed by atoms with Crippen LogP contribution < -0.4 is 9.47 Å². The van der Waals surface area contributed by atoms with Crippen molar-refractivity contribution in [3.8, 4) is 11.5 Å².